The van der Waals surface area contributed by atoms with Crippen LogP contribution in [0.2, 0.25) is 0 Å². The number of H-pyrrole nitrogens is 1. The van der Waals surface area contributed by atoms with E-state index in [1.54, 1.807) is 6.33 Å². The van der Waals surface area contributed by atoms with Gasteiger partial charge in [0.1, 0.15) is 0 Å². The smallest absolute Gasteiger partial charge is 0.224 e. The number of imidazole rings is 1. The van der Waals surface area contributed by atoms with E-state index in [1.807, 2.05) is 37.3 Å². The van der Waals surface area contributed by atoms with Gasteiger partial charge >= 0.3 is 0 Å². The number of rotatable bonds is 5. The van der Waals surface area contributed by atoms with Crippen LogP contribution in [0.3, 0.4) is 0 Å². The molecule has 0 saturated carbocycles. The van der Waals surface area contributed by atoms with Gasteiger partial charge in [-0.15, -0.1) is 0 Å². The molecule has 0 unspecified atom stereocenters. The zero-order chi connectivity index (χ0) is 15.4. The van der Waals surface area contributed by atoms with Crippen molar-refractivity contribution < 1.29 is 4.79 Å². The molecule has 0 aliphatic carbocycles. The summed E-state index contributed by atoms with van der Waals surface area (Å²) in [5, 5.41) is 2.98. The molecule has 1 heterocycles. The average molecular weight is 293 g/mol. The lowest BCUT2D eigenvalue weighted by Gasteiger charge is -2.06. The molecule has 3 aromatic rings. The number of amides is 1. The highest BCUT2D eigenvalue weighted by Gasteiger charge is 2.04. The van der Waals surface area contributed by atoms with Crippen LogP contribution in [0.5, 0.6) is 0 Å². The van der Waals surface area contributed by atoms with Crippen molar-refractivity contribution in [3.63, 3.8) is 0 Å². The average Bonchev–Trinajstić information content (AvgIpc) is 2.95. The summed E-state index contributed by atoms with van der Waals surface area (Å²) in [6, 6.07) is 14.2. The highest BCUT2D eigenvalue weighted by Crippen LogP contribution is 2.11. The van der Waals surface area contributed by atoms with Gasteiger partial charge in [0.05, 0.1) is 23.8 Å². The minimum absolute atomic E-state index is 0.0632. The number of aromatic nitrogens is 2. The zero-order valence-corrected chi connectivity index (χ0v) is 12.6. The molecular weight excluding hydrogens is 274 g/mol. The summed E-state index contributed by atoms with van der Waals surface area (Å²) in [5.41, 5.74) is 5.41. The topological polar surface area (TPSA) is 57.8 Å². The fourth-order valence-electron chi connectivity index (χ4n) is 2.55. The third-order valence-electron chi connectivity index (χ3n) is 3.67. The van der Waals surface area contributed by atoms with E-state index in [0.717, 1.165) is 23.0 Å². The van der Waals surface area contributed by atoms with Gasteiger partial charge in [0.2, 0.25) is 5.91 Å². The molecule has 0 atom stereocenters. The molecule has 2 N–H and O–H groups in total. The fourth-order valence-corrected chi connectivity index (χ4v) is 2.55. The van der Waals surface area contributed by atoms with Crippen molar-refractivity contribution in [3.8, 4) is 0 Å². The second kappa shape index (κ2) is 6.43. The number of nitrogens with zero attached hydrogens (tertiary/aromatic N) is 1. The first kappa shape index (κ1) is 14.3. The maximum atomic E-state index is 12.0. The Hall–Kier alpha value is -2.62. The number of nitrogens with one attached hydrogen (secondary N) is 2. The van der Waals surface area contributed by atoms with Crippen molar-refractivity contribution in [2.45, 2.75) is 19.8 Å². The summed E-state index contributed by atoms with van der Waals surface area (Å²) >= 11 is 0. The fraction of sp³-hybridized carbons (Fsp3) is 0.222. The van der Waals surface area contributed by atoms with Crippen molar-refractivity contribution in [2.24, 2.45) is 0 Å². The van der Waals surface area contributed by atoms with E-state index >= 15 is 0 Å². The van der Waals surface area contributed by atoms with Crippen molar-refractivity contribution >= 4 is 16.9 Å². The second-order valence-electron chi connectivity index (χ2n) is 5.52. The number of benzene rings is 2. The van der Waals surface area contributed by atoms with Crippen LogP contribution in [0.4, 0.5) is 0 Å². The first-order valence-corrected chi connectivity index (χ1v) is 7.45. The molecule has 0 saturated heterocycles. The first-order chi connectivity index (χ1) is 10.7. The van der Waals surface area contributed by atoms with Crippen LogP contribution in [0.25, 0.3) is 11.0 Å². The van der Waals surface area contributed by atoms with Gasteiger partial charge in [-0.1, -0.05) is 35.9 Å². The van der Waals surface area contributed by atoms with Crippen LogP contribution >= 0.6 is 0 Å². The second-order valence-corrected chi connectivity index (χ2v) is 5.52. The molecule has 22 heavy (non-hydrogen) atoms. The van der Waals surface area contributed by atoms with Crippen molar-refractivity contribution in [2.75, 3.05) is 6.54 Å². The van der Waals surface area contributed by atoms with Crippen LogP contribution in [-0.2, 0) is 17.6 Å². The van der Waals surface area contributed by atoms with Crippen LogP contribution in [0.1, 0.15) is 16.7 Å². The van der Waals surface area contributed by atoms with Crippen molar-refractivity contribution in [3.05, 3.63) is 65.5 Å². The quantitative estimate of drug-likeness (QED) is 0.760. The number of hydrogen-bond acceptors (Lipinski definition) is 2. The van der Waals surface area contributed by atoms with E-state index in [2.05, 4.69) is 27.4 Å². The van der Waals surface area contributed by atoms with Gasteiger partial charge in [-0.3, -0.25) is 4.79 Å². The third kappa shape index (κ3) is 3.52. The van der Waals surface area contributed by atoms with Crippen LogP contribution in [0, 0.1) is 6.92 Å². The molecule has 0 aliphatic heterocycles. The van der Waals surface area contributed by atoms with Gasteiger partial charge < -0.3 is 10.3 Å². The molecule has 3 rings (SSSR count). The standard InChI is InChI=1S/C18H19N3O/c1-13-3-2-4-15(9-13)11-18(22)19-8-7-14-5-6-16-17(10-14)21-12-20-16/h2-6,9-10,12H,7-8,11H2,1H3,(H,19,22)(H,20,21). The Morgan fingerprint density at radius 3 is 2.95 bits per heavy atom. The Kier molecular flexibility index (Phi) is 4.19. The molecule has 0 spiro atoms. The normalized spacial score (nSPS) is 10.8. The predicted molar refractivity (Wildman–Crippen MR) is 87.7 cm³/mol. The number of aromatic amines is 1. The highest BCUT2D eigenvalue weighted by molar-refractivity contribution is 5.78. The summed E-state index contributed by atoms with van der Waals surface area (Å²) < 4.78 is 0. The van der Waals surface area contributed by atoms with E-state index < -0.39 is 0 Å². The van der Waals surface area contributed by atoms with E-state index in [9.17, 15) is 4.79 Å². The SMILES string of the molecule is Cc1cccc(CC(=O)NCCc2ccc3nc[nH]c3c2)c1. The van der Waals surface area contributed by atoms with E-state index in [-0.39, 0.29) is 5.91 Å². The third-order valence-corrected chi connectivity index (χ3v) is 3.67. The Balaban J connectivity index is 1.50. The lowest BCUT2D eigenvalue weighted by Crippen LogP contribution is -2.27. The van der Waals surface area contributed by atoms with E-state index in [0.29, 0.717) is 13.0 Å². The lowest BCUT2D eigenvalue weighted by atomic mass is 10.1. The number of fused-ring (bicyclic) bond motifs is 1. The van der Waals surface area contributed by atoms with Crippen molar-refractivity contribution in [1.29, 1.82) is 0 Å². The minimum atomic E-state index is 0.0632. The van der Waals surface area contributed by atoms with Gasteiger partial charge in [-0.2, -0.15) is 0 Å². The molecule has 4 nitrogen and oxygen atoms in total. The summed E-state index contributed by atoms with van der Waals surface area (Å²) in [6.45, 7) is 2.68. The Morgan fingerprint density at radius 1 is 1.18 bits per heavy atom. The number of carbonyl (C=O) groups is 1. The molecule has 0 aliphatic rings. The Labute approximate surface area is 129 Å². The van der Waals surface area contributed by atoms with Crippen LogP contribution in [-0.4, -0.2) is 22.4 Å². The number of carbonyl (C=O) groups excluding carboxylic acids is 1. The van der Waals surface area contributed by atoms with Gasteiger partial charge in [0.15, 0.2) is 0 Å². The molecule has 0 fully saturated rings. The molecule has 4 heteroatoms. The molecular formula is C18H19N3O. The predicted octanol–water partition coefficient (Wildman–Crippen LogP) is 2.77. The molecule has 1 amide bonds. The number of aryl methyl sites for hydroxylation is 1. The van der Waals surface area contributed by atoms with Gasteiger partial charge in [0.25, 0.3) is 0 Å². The van der Waals surface area contributed by atoms with E-state index in [1.165, 1.54) is 11.1 Å². The first-order valence-electron chi connectivity index (χ1n) is 7.45. The van der Waals surface area contributed by atoms with Gasteiger partial charge in [-0.05, 0) is 36.6 Å². The molecule has 112 valence electrons. The summed E-state index contributed by atoms with van der Waals surface area (Å²) in [5.74, 6) is 0.0632. The largest absolute Gasteiger partial charge is 0.355 e. The monoisotopic (exact) mass is 293 g/mol. The highest BCUT2D eigenvalue weighted by atomic mass is 16.1. The maximum absolute atomic E-state index is 12.0. The van der Waals surface area contributed by atoms with Gasteiger partial charge in [-0.25, -0.2) is 4.98 Å². The van der Waals surface area contributed by atoms with E-state index in [4.69, 9.17) is 0 Å². The lowest BCUT2D eigenvalue weighted by molar-refractivity contribution is -0.120. The Morgan fingerprint density at radius 2 is 2.09 bits per heavy atom. The molecule has 0 radical (unpaired) electrons. The maximum Gasteiger partial charge on any atom is 0.224 e. The summed E-state index contributed by atoms with van der Waals surface area (Å²) in [7, 11) is 0. The molecule has 1 aromatic heterocycles. The van der Waals surface area contributed by atoms with Crippen LogP contribution < -0.4 is 5.32 Å². The summed E-state index contributed by atoms with van der Waals surface area (Å²) in [4.78, 5) is 19.3. The Bertz CT molecular complexity index is 792. The molecule has 2 aromatic carbocycles. The van der Waals surface area contributed by atoms with Crippen molar-refractivity contribution in [1.82, 2.24) is 15.3 Å². The van der Waals surface area contributed by atoms with Crippen LogP contribution in [0.15, 0.2) is 48.8 Å². The summed E-state index contributed by atoms with van der Waals surface area (Å²) in [6.07, 6.45) is 2.94. The molecule has 0 bridgehead atoms. The minimum Gasteiger partial charge on any atom is -0.355 e. The number of hydrogen-bond donors (Lipinski definition) is 2. The zero-order valence-electron chi connectivity index (χ0n) is 12.6. The van der Waals surface area contributed by atoms with Gasteiger partial charge in [0, 0.05) is 6.54 Å².